The van der Waals surface area contributed by atoms with Crippen LogP contribution in [0.15, 0.2) is 90.1 Å². The van der Waals surface area contributed by atoms with Crippen LogP contribution >= 0.6 is 0 Å². The summed E-state index contributed by atoms with van der Waals surface area (Å²) in [6, 6.07) is 19.6. The zero-order valence-corrected chi connectivity index (χ0v) is 23.1. The molecule has 10 heteroatoms. The van der Waals surface area contributed by atoms with Crippen molar-refractivity contribution >= 4 is 21.6 Å². The van der Waals surface area contributed by atoms with Crippen LogP contribution < -0.4 is 9.62 Å². The van der Waals surface area contributed by atoms with Gasteiger partial charge in [0.1, 0.15) is 11.6 Å². The SMILES string of the molecule is CO[C@H](CC(=O)N(Cc1nccn1C)c1ccc2c(c1)[C@@H](NS(=O)(=O)c1ccc(F)cc1)CC2)c1ccccc1. The van der Waals surface area contributed by atoms with E-state index in [0.29, 0.717) is 24.4 Å². The summed E-state index contributed by atoms with van der Waals surface area (Å²) >= 11 is 0. The highest BCUT2D eigenvalue weighted by molar-refractivity contribution is 7.89. The molecule has 208 valence electrons. The number of carbonyl (C=O) groups excluding carboxylic acids is 1. The number of hydrogen-bond donors (Lipinski definition) is 1. The lowest BCUT2D eigenvalue weighted by Gasteiger charge is -2.26. The van der Waals surface area contributed by atoms with E-state index in [1.54, 1.807) is 18.2 Å². The van der Waals surface area contributed by atoms with Gasteiger partial charge in [0.05, 0.1) is 24.0 Å². The van der Waals surface area contributed by atoms with Crippen LogP contribution in [0.4, 0.5) is 10.1 Å². The van der Waals surface area contributed by atoms with Crippen LogP contribution in [0.3, 0.4) is 0 Å². The van der Waals surface area contributed by atoms with Gasteiger partial charge in [-0.1, -0.05) is 36.4 Å². The number of imidazole rings is 1. The molecule has 0 unspecified atom stereocenters. The first kappa shape index (κ1) is 27.7. The Balaban J connectivity index is 1.44. The molecule has 40 heavy (non-hydrogen) atoms. The molecule has 0 saturated carbocycles. The number of carbonyl (C=O) groups is 1. The summed E-state index contributed by atoms with van der Waals surface area (Å²) in [4.78, 5) is 19.9. The molecular weight excluding hydrogens is 531 g/mol. The van der Waals surface area contributed by atoms with Gasteiger partial charge in [-0.3, -0.25) is 4.79 Å². The molecule has 3 aromatic carbocycles. The van der Waals surface area contributed by atoms with E-state index < -0.39 is 28.0 Å². The molecule has 8 nitrogen and oxygen atoms in total. The van der Waals surface area contributed by atoms with Gasteiger partial charge in [0.2, 0.25) is 15.9 Å². The molecule has 0 radical (unpaired) electrons. The highest BCUT2D eigenvalue weighted by atomic mass is 32.2. The van der Waals surface area contributed by atoms with Crippen LogP contribution in [-0.4, -0.2) is 31.0 Å². The predicted molar refractivity (Wildman–Crippen MR) is 149 cm³/mol. The fourth-order valence-corrected chi connectivity index (χ4v) is 6.29. The zero-order chi connectivity index (χ0) is 28.3. The molecule has 0 spiro atoms. The summed E-state index contributed by atoms with van der Waals surface area (Å²) < 4.78 is 49.8. The molecule has 4 aromatic rings. The first-order chi connectivity index (χ1) is 19.2. The third-order valence-corrected chi connectivity index (χ3v) is 8.77. The Morgan fingerprint density at radius 2 is 1.90 bits per heavy atom. The quantitative estimate of drug-likeness (QED) is 0.299. The van der Waals surface area contributed by atoms with E-state index in [0.717, 1.165) is 28.8 Å². The van der Waals surface area contributed by atoms with Crippen molar-refractivity contribution in [3.63, 3.8) is 0 Å². The number of halogens is 1. The Kier molecular flexibility index (Phi) is 8.11. The molecule has 5 rings (SSSR count). The van der Waals surface area contributed by atoms with Crippen molar-refractivity contribution in [3.05, 3.63) is 114 Å². The average Bonchev–Trinajstić information content (AvgIpc) is 3.55. The normalized spacial score (nSPS) is 15.5. The van der Waals surface area contributed by atoms with Gasteiger partial charge in [-0.2, -0.15) is 0 Å². The topological polar surface area (TPSA) is 93.5 Å². The number of sulfonamides is 1. The number of nitrogens with zero attached hydrogens (tertiary/aromatic N) is 3. The summed E-state index contributed by atoms with van der Waals surface area (Å²) in [5, 5.41) is 0. The largest absolute Gasteiger partial charge is 0.376 e. The van der Waals surface area contributed by atoms with Crippen molar-refractivity contribution in [1.29, 1.82) is 0 Å². The first-order valence-corrected chi connectivity index (χ1v) is 14.5. The minimum atomic E-state index is -3.88. The second kappa shape index (κ2) is 11.7. The maximum absolute atomic E-state index is 13.8. The van der Waals surface area contributed by atoms with Gasteiger partial charge in [0.15, 0.2) is 0 Å². The number of aryl methyl sites for hydroxylation is 2. The molecule has 0 bridgehead atoms. The smallest absolute Gasteiger partial charge is 0.241 e. The Morgan fingerprint density at radius 1 is 1.15 bits per heavy atom. The van der Waals surface area contributed by atoms with E-state index in [9.17, 15) is 17.6 Å². The van der Waals surface area contributed by atoms with Crippen molar-refractivity contribution in [2.45, 2.75) is 42.8 Å². The Labute approximate surface area is 233 Å². The lowest BCUT2D eigenvalue weighted by atomic mass is 10.0. The molecule has 0 aliphatic heterocycles. The molecule has 1 aliphatic carbocycles. The number of aromatic nitrogens is 2. The molecular formula is C30H31FN4O4S. The van der Waals surface area contributed by atoms with Crippen LogP contribution in [0.25, 0.3) is 0 Å². The second-order valence-electron chi connectivity index (χ2n) is 9.82. The molecule has 1 aliphatic rings. The number of amides is 1. The van der Waals surface area contributed by atoms with Gasteiger partial charge in [0.25, 0.3) is 0 Å². The molecule has 2 atom stereocenters. The minimum absolute atomic E-state index is 0.00314. The van der Waals surface area contributed by atoms with E-state index >= 15 is 0 Å². The van der Waals surface area contributed by atoms with Crippen molar-refractivity contribution in [3.8, 4) is 0 Å². The van der Waals surface area contributed by atoms with Crippen molar-refractivity contribution in [1.82, 2.24) is 14.3 Å². The predicted octanol–water partition coefficient (Wildman–Crippen LogP) is 4.84. The van der Waals surface area contributed by atoms with Crippen molar-refractivity contribution in [2.75, 3.05) is 12.0 Å². The van der Waals surface area contributed by atoms with Gasteiger partial charge in [-0.05, 0) is 65.9 Å². The summed E-state index contributed by atoms with van der Waals surface area (Å²) in [6.07, 6.45) is 4.46. The van der Waals surface area contributed by atoms with E-state index in [1.807, 2.05) is 66.3 Å². The number of hydrogen-bond acceptors (Lipinski definition) is 5. The zero-order valence-electron chi connectivity index (χ0n) is 22.3. The highest BCUT2D eigenvalue weighted by Crippen LogP contribution is 2.36. The molecule has 1 amide bonds. The maximum atomic E-state index is 13.8. The van der Waals surface area contributed by atoms with Crippen molar-refractivity contribution < 1.29 is 22.3 Å². The van der Waals surface area contributed by atoms with E-state index in [2.05, 4.69) is 9.71 Å². The van der Waals surface area contributed by atoms with Crippen LogP contribution in [0.2, 0.25) is 0 Å². The van der Waals surface area contributed by atoms with E-state index in [4.69, 9.17) is 4.74 Å². The lowest BCUT2D eigenvalue weighted by molar-refractivity contribution is -0.121. The Bertz CT molecular complexity index is 1590. The molecule has 1 aromatic heterocycles. The van der Waals surface area contributed by atoms with Gasteiger partial charge >= 0.3 is 0 Å². The fourth-order valence-electron chi connectivity index (χ4n) is 5.04. The van der Waals surface area contributed by atoms with Gasteiger partial charge < -0.3 is 14.2 Å². The Hall–Kier alpha value is -3.86. The number of benzene rings is 3. The van der Waals surface area contributed by atoms with Crippen LogP contribution in [0.5, 0.6) is 0 Å². The Morgan fingerprint density at radius 3 is 2.58 bits per heavy atom. The highest BCUT2D eigenvalue weighted by Gasteiger charge is 2.30. The minimum Gasteiger partial charge on any atom is -0.376 e. The van der Waals surface area contributed by atoms with E-state index in [-0.39, 0.29) is 23.8 Å². The van der Waals surface area contributed by atoms with Gasteiger partial charge in [0, 0.05) is 38.3 Å². The van der Waals surface area contributed by atoms with E-state index in [1.165, 1.54) is 12.1 Å². The maximum Gasteiger partial charge on any atom is 0.241 e. The lowest BCUT2D eigenvalue weighted by Crippen LogP contribution is -2.33. The van der Waals surface area contributed by atoms with Crippen LogP contribution in [0, 0.1) is 5.82 Å². The number of anilines is 1. The number of rotatable bonds is 10. The van der Waals surface area contributed by atoms with Gasteiger partial charge in [-0.25, -0.2) is 22.5 Å². The molecule has 1 N–H and O–H groups in total. The number of ether oxygens (including phenoxy) is 1. The third kappa shape index (κ3) is 5.99. The summed E-state index contributed by atoms with van der Waals surface area (Å²) in [5.74, 6) is 0.0476. The standard InChI is InChI=1S/C30H31FN4O4S/c1-34-17-16-32-29(34)20-35(30(36)19-28(39-2)22-6-4-3-5-7-22)24-12-8-21-9-15-27(26(21)18-24)33-40(37,38)25-13-10-23(31)11-14-25/h3-8,10-14,16-18,27-28,33H,9,15,19-20H2,1-2H3/t27-,28+/m0/s1. The first-order valence-electron chi connectivity index (χ1n) is 13.0. The fraction of sp³-hybridized carbons (Fsp3) is 0.267. The molecule has 0 fully saturated rings. The van der Waals surface area contributed by atoms with Crippen molar-refractivity contribution in [2.24, 2.45) is 7.05 Å². The van der Waals surface area contributed by atoms with Crippen LogP contribution in [-0.2, 0) is 39.6 Å². The number of fused-ring (bicyclic) bond motifs is 1. The van der Waals surface area contributed by atoms with Gasteiger partial charge in [-0.15, -0.1) is 0 Å². The third-order valence-electron chi connectivity index (χ3n) is 7.28. The summed E-state index contributed by atoms with van der Waals surface area (Å²) in [6.45, 7) is 0.234. The second-order valence-corrected chi connectivity index (χ2v) is 11.5. The molecule has 1 heterocycles. The average molecular weight is 563 g/mol. The number of methoxy groups -OCH3 is 1. The summed E-state index contributed by atoms with van der Waals surface area (Å²) in [5.41, 5.74) is 3.37. The summed E-state index contributed by atoms with van der Waals surface area (Å²) in [7, 11) is -0.421. The number of nitrogens with one attached hydrogen (secondary N) is 1. The monoisotopic (exact) mass is 562 g/mol. The molecule has 0 saturated heterocycles. The van der Waals surface area contributed by atoms with Crippen LogP contribution in [0.1, 0.15) is 47.5 Å².